The molecule has 0 saturated carbocycles. The highest BCUT2D eigenvalue weighted by atomic mass is 15.1. The summed E-state index contributed by atoms with van der Waals surface area (Å²) in [4.78, 5) is 2.36. The van der Waals surface area contributed by atoms with Crippen LogP contribution in [0.1, 0.15) is 29.2 Å². The Morgan fingerprint density at radius 3 is 2.42 bits per heavy atom. The first-order valence-corrected chi connectivity index (χ1v) is 9.87. The zero-order chi connectivity index (χ0) is 18.4. The van der Waals surface area contributed by atoms with Crippen LogP contribution in [0.25, 0.3) is 0 Å². The molecule has 138 valence electrons. The van der Waals surface area contributed by atoms with Crippen molar-refractivity contribution in [2.24, 2.45) is 5.92 Å². The van der Waals surface area contributed by atoms with Crippen molar-refractivity contribution in [3.63, 3.8) is 0 Å². The minimum Gasteiger partial charge on any atom is -0.377 e. The fourth-order valence-electron chi connectivity index (χ4n) is 3.95. The Hall–Kier alpha value is -2.06. The Morgan fingerprint density at radius 1 is 1.12 bits per heavy atom. The third kappa shape index (κ3) is 4.98. The maximum atomic E-state index is 4.02. The molecule has 0 saturated heterocycles. The molecule has 0 fully saturated rings. The number of benzene rings is 2. The predicted molar refractivity (Wildman–Crippen MR) is 111 cm³/mol. The van der Waals surface area contributed by atoms with E-state index in [0.717, 1.165) is 26.1 Å². The summed E-state index contributed by atoms with van der Waals surface area (Å²) in [5.74, 6) is 0.605. The minimum absolute atomic E-state index is 0.596. The summed E-state index contributed by atoms with van der Waals surface area (Å²) in [6.07, 6.45) is 5.42. The summed E-state index contributed by atoms with van der Waals surface area (Å²) < 4.78 is 0. The average Bonchev–Trinajstić information content (AvgIpc) is 3.07. The Morgan fingerprint density at radius 2 is 1.77 bits per heavy atom. The molecule has 1 aliphatic carbocycles. The van der Waals surface area contributed by atoms with E-state index in [1.54, 1.807) is 0 Å². The second-order valence-electron chi connectivity index (χ2n) is 7.74. The van der Waals surface area contributed by atoms with Crippen LogP contribution in [-0.2, 0) is 19.3 Å². The minimum atomic E-state index is 0.596. The van der Waals surface area contributed by atoms with Gasteiger partial charge < -0.3 is 10.2 Å². The maximum absolute atomic E-state index is 4.02. The number of nitrogens with one attached hydrogen (secondary N) is 1. The van der Waals surface area contributed by atoms with Crippen molar-refractivity contribution in [1.82, 2.24) is 10.2 Å². The van der Waals surface area contributed by atoms with E-state index < -0.39 is 0 Å². The van der Waals surface area contributed by atoms with Crippen LogP contribution in [0.4, 0.5) is 0 Å². The number of hydrogen-bond donors (Lipinski definition) is 1. The zero-order valence-corrected chi connectivity index (χ0v) is 16.2. The van der Waals surface area contributed by atoms with Gasteiger partial charge in [-0.3, -0.25) is 0 Å². The topological polar surface area (TPSA) is 15.3 Å². The lowest BCUT2D eigenvalue weighted by Crippen LogP contribution is -2.37. The van der Waals surface area contributed by atoms with Crippen molar-refractivity contribution < 1.29 is 0 Å². The molecule has 0 heterocycles. The molecule has 0 aliphatic heterocycles. The highest BCUT2D eigenvalue weighted by Gasteiger charge is 2.20. The first-order chi connectivity index (χ1) is 12.7. The Bertz CT molecular complexity index is 697. The number of nitrogens with zero attached hydrogens (tertiary/aromatic N) is 1. The number of rotatable bonds is 9. The SMILES string of the molecule is C=CN(CCc1ccccc1C)CC(C)CNC1Cc2ccccc2C1. The van der Waals surface area contributed by atoms with Gasteiger partial charge in [-0.1, -0.05) is 62.0 Å². The summed E-state index contributed by atoms with van der Waals surface area (Å²) in [6.45, 7) is 11.7. The van der Waals surface area contributed by atoms with Crippen molar-refractivity contribution in [1.29, 1.82) is 0 Å². The summed E-state index contributed by atoms with van der Waals surface area (Å²) in [5.41, 5.74) is 5.85. The third-order valence-corrected chi connectivity index (χ3v) is 5.54. The van der Waals surface area contributed by atoms with E-state index in [4.69, 9.17) is 0 Å². The smallest absolute Gasteiger partial charge is 0.0213 e. The summed E-state index contributed by atoms with van der Waals surface area (Å²) in [5, 5.41) is 3.78. The lowest BCUT2D eigenvalue weighted by molar-refractivity contribution is 0.308. The third-order valence-electron chi connectivity index (χ3n) is 5.54. The predicted octanol–water partition coefficient (Wildman–Crippen LogP) is 4.38. The van der Waals surface area contributed by atoms with Gasteiger partial charge in [0, 0.05) is 19.1 Å². The van der Waals surface area contributed by atoms with Gasteiger partial charge in [-0.2, -0.15) is 0 Å². The molecule has 2 nitrogen and oxygen atoms in total. The molecule has 1 N–H and O–H groups in total. The van der Waals surface area contributed by atoms with Gasteiger partial charge in [0.25, 0.3) is 0 Å². The summed E-state index contributed by atoms with van der Waals surface area (Å²) >= 11 is 0. The van der Waals surface area contributed by atoms with Gasteiger partial charge in [0.15, 0.2) is 0 Å². The second-order valence-corrected chi connectivity index (χ2v) is 7.74. The van der Waals surface area contributed by atoms with E-state index in [1.165, 1.54) is 35.1 Å². The molecule has 26 heavy (non-hydrogen) atoms. The highest BCUT2D eigenvalue weighted by Crippen LogP contribution is 2.21. The molecule has 2 aromatic rings. The largest absolute Gasteiger partial charge is 0.377 e. The first kappa shape index (κ1) is 18.7. The van der Waals surface area contributed by atoms with Gasteiger partial charge in [0.2, 0.25) is 0 Å². The lowest BCUT2D eigenvalue weighted by atomic mass is 10.1. The molecule has 0 bridgehead atoms. The standard InChI is InChI=1S/C24H32N2/c1-4-26(14-13-21-10-6-5-9-20(21)3)18-19(2)17-25-24-15-22-11-7-8-12-23(22)16-24/h4-12,19,24-25H,1,13-18H2,2-3H3. The normalized spacial score (nSPS) is 14.8. The van der Waals surface area contributed by atoms with Crippen molar-refractivity contribution in [2.75, 3.05) is 19.6 Å². The molecule has 1 unspecified atom stereocenters. The van der Waals surface area contributed by atoms with Crippen LogP contribution in [-0.4, -0.2) is 30.6 Å². The van der Waals surface area contributed by atoms with Crippen LogP contribution < -0.4 is 5.32 Å². The van der Waals surface area contributed by atoms with Crippen molar-refractivity contribution >= 4 is 0 Å². The van der Waals surface area contributed by atoms with E-state index in [2.05, 4.69) is 79.2 Å². The molecule has 3 rings (SSSR count). The first-order valence-electron chi connectivity index (χ1n) is 9.87. The highest BCUT2D eigenvalue weighted by molar-refractivity contribution is 5.33. The van der Waals surface area contributed by atoms with Crippen LogP contribution in [0.5, 0.6) is 0 Å². The molecule has 1 aliphatic rings. The number of fused-ring (bicyclic) bond motifs is 1. The monoisotopic (exact) mass is 348 g/mol. The van der Waals surface area contributed by atoms with Gasteiger partial charge in [-0.15, -0.1) is 0 Å². The van der Waals surface area contributed by atoms with E-state index in [0.29, 0.717) is 12.0 Å². The Labute approximate surface area is 158 Å². The van der Waals surface area contributed by atoms with Gasteiger partial charge in [-0.25, -0.2) is 0 Å². The molecule has 2 aromatic carbocycles. The van der Waals surface area contributed by atoms with Crippen LogP contribution in [0.3, 0.4) is 0 Å². The molecule has 0 spiro atoms. The summed E-state index contributed by atoms with van der Waals surface area (Å²) in [7, 11) is 0. The lowest BCUT2D eigenvalue weighted by Gasteiger charge is -2.25. The number of aryl methyl sites for hydroxylation is 1. The second kappa shape index (κ2) is 9.05. The summed E-state index contributed by atoms with van der Waals surface area (Å²) in [6, 6.07) is 18.1. The van der Waals surface area contributed by atoms with Crippen LogP contribution in [0.2, 0.25) is 0 Å². The van der Waals surface area contributed by atoms with E-state index in [1.807, 2.05) is 6.20 Å². The quantitative estimate of drug-likeness (QED) is 0.723. The number of hydrogen-bond acceptors (Lipinski definition) is 2. The van der Waals surface area contributed by atoms with Crippen molar-refractivity contribution in [2.45, 2.75) is 39.2 Å². The van der Waals surface area contributed by atoms with Crippen LogP contribution in [0.15, 0.2) is 61.3 Å². The van der Waals surface area contributed by atoms with Gasteiger partial charge in [0.1, 0.15) is 0 Å². The zero-order valence-electron chi connectivity index (χ0n) is 16.2. The Kier molecular flexibility index (Phi) is 6.51. The van der Waals surface area contributed by atoms with Gasteiger partial charge in [0.05, 0.1) is 0 Å². The van der Waals surface area contributed by atoms with Crippen LogP contribution in [0, 0.1) is 12.8 Å². The van der Waals surface area contributed by atoms with Crippen LogP contribution >= 0.6 is 0 Å². The molecule has 0 radical (unpaired) electrons. The molecule has 0 aromatic heterocycles. The molecular weight excluding hydrogens is 316 g/mol. The fourth-order valence-corrected chi connectivity index (χ4v) is 3.95. The molecule has 1 atom stereocenters. The van der Waals surface area contributed by atoms with Crippen molar-refractivity contribution in [3.8, 4) is 0 Å². The maximum Gasteiger partial charge on any atom is 0.0213 e. The van der Waals surface area contributed by atoms with Gasteiger partial charge >= 0.3 is 0 Å². The fraction of sp³-hybridized carbons (Fsp3) is 0.417. The van der Waals surface area contributed by atoms with Gasteiger partial charge in [-0.05, 0) is 67.1 Å². The van der Waals surface area contributed by atoms with E-state index in [-0.39, 0.29) is 0 Å². The molecule has 2 heteroatoms. The average molecular weight is 349 g/mol. The Balaban J connectivity index is 1.41. The van der Waals surface area contributed by atoms with E-state index in [9.17, 15) is 0 Å². The van der Waals surface area contributed by atoms with E-state index >= 15 is 0 Å². The van der Waals surface area contributed by atoms with Crippen molar-refractivity contribution in [3.05, 3.63) is 83.6 Å². The molecule has 0 amide bonds. The molecular formula is C24H32N2.